The monoisotopic (exact) mass is 428 g/mol. The van der Waals surface area contributed by atoms with E-state index in [1.807, 2.05) is 0 Å². The van der Waals surface area contributed by atoms with E-state index in [0.29, 0.717) is 11.1 Å². The zero-order valence-corrected chi connectivity index (χ0v) is 16.4. The van der Waals surface area contributed by atoms with Crippen molar-refractivity contribution in [2.45, 2.75) is 26.3 Å². The fraction of sp³-hybridized carbons (Fsp3) is 0.333. The molecule has 3 rings (SSSR count). The topological polar surface area (TPSA) is 79.1 Å². The fourth-order valence-electron chi connectivity index (χ4n) is 2.94. The van der Waals surface area contributed by atoms with Crippen LogP contribution in [0.15, 0.2) is 29.3 Å². The lowest BCUT2D eigenvalue weighted by Crippen LogP contribution is -2.29. The first-order chi connectivity index (χ1) is 13.6. The molecule has 1 aromatic carbocycles. The minimum atomic E-state index is -4.83. The van der Waals surface area contributed by atoms with Crippen molar-refractivity contribution in [2.75, 3.05) is 13.7 Å². The molecule has 1 atom stereocenters. The van der Waals surface area contributed by atoms with E-state index < -0.39 is 12.1 Å². The number of ether oxygens (including phenoxy) is 2. The van der Waals surface area contributed by atoms with Gasteiger partial charge >= 0.3 is 6.36 Å². The number of rotatable bonds is 5. The minimum absolute atomic E-state index is 0.0195. The molecular formula is C18H16ClF3N4O3. The number of benzene rings is 1. The zero-order chi connectivity index (χ0) is 21.3. The Bertz CT molecular complexity index is 1120. The Morgan fingerprint density at radius 3 is 2.62 bits per heavy atom. The molecule has 0 unspecified atom stereocenters. The summed E-state index contributed by atoms with van der Waals surface area (Å²) in [4.78, 5) is 25.3. The van der Waals surface area contributed by atoms with E-state index in [-0.39, 0.29) is 40.3 Å². The van der Waals surface area contributed by atoms with Gasteiger partial charge in [-0.3, -0.25) is 9.36 Å². The van der Waals surface area contributed by atoms with Crippen LogP contribution in [-0.4, -0.2) is 39.6 Å². The highest BCUT2D eigenvalue weighted by atomic mass is 35.5. The van der Waals surface area contributed by atoms with Gasteiger partial charge in [0.05, 0.1) is 17.7 Å². The number of hydrogen-bond donors (Lipinski definition) is 0. The predicted octanol–water partition coefficient (Wildman–Crippen LogP) is 3.92. The summed E-state index contributed by atoms with van der Waals surface area (Å²) in [5.74, 6) is -0.459. The lowest BCUT2D eigenvalue weighted by molar-refractivity contribution is -0.274. The van der Waals surface area contributed by atoms with Gasteiger partial charge in [0.15, 0.2) is 5.65 Å². The normalized spacial score (nSPS) is 12.9. The van der Waals surface area contributed by atoms with Crippen LogP contribution in [0, 0.1) is 6.92 Å². The van der Waals surface area contributed by atoms with Crippen molar-refractivity contribution in [1.82, 2.24) is 19.5 Å². The van der Waals surface area contributed by atoms with Crippen molar-refractivity contribution in [3.8, 4) is 17.0 Å². The largest absolute Gasteiger partial charge is 0.573 e. The Morgan fingerprint density at radius 2 is 2.00 bits per heavy atom. The maximum Gasteiger partial charge on any atom is 0.573 e. The van der Waals surface area contributed by atoms with E-state index in [2.05, 4.69) is 19.7 Å². The van der Waals surface area contributed by atoms with Crippen molar-refractivity contribution in [3.05, 3.63) is 45.6 Å². The molecule has 0 spiro atoms. The molecule has 154 valence electrons. The van der Waals surface area contributed by atoms with Crippen LogP contribution in [0.3, 0.4) is 0 Å². The molecular weight excluding hydrogens is 413 g/mol. The Balaban J connectivity index is 2.20. The van der Waals surface area contributed by atoms with Crippen molar-refractivity contribution < 1.29 is 22.6 Å². The summed E-state index contributed by atoms with van der Waals surface area (Å²) >= 11 is 6.19. The summed E-state index contributed by atoms with van der Waals surface area (Å²) in [7, 11) is 1.52. The first-order valence-electron chi connectivity index (χ1n) is 8.41. The van der Waals surface area contributed by atoms with E-state index in [9.17, 15) is 18.0 Å². The molecule has 0 aliphatic rings. The van der Waals surface area contributed by atoms with Crippen molar-refractivity contribution >= 4 is 22.8 Å². The molecule has 0 aliphatic carbocycles. The second-order valence-electron chi connectivity index (χ2n) is 6.26. The van der Waals surface area contributed by atoms with Gasteiger partial charge in [0.1, 0.15) is 29.0 Å². The quantitative estimate of drug-likeness (QED) is 0.613. The predicted molar refractivity (Wildman–Crippen MR) is 100 cm³/mol. The first kappa shape index (κ1) is 21.0. The van der Waals surface area contributed by atoms with Crippen LogP contribution in [0.5, 0.6) is 5.75 Å². The second kappa shape index (κ2) is 7.96. The van der Waals surface area contributed by atoms with E-state index in [0.717, 1.165) is 12.1 Å². The number of hydrogen-bond acceptors (Lipinski definition) is 6. The summed E-state index contributed by atoms with van der Waals surface area (Å²) in [5, 5.41) is -0.0195. The van der Waals surface area contributed by atoms with Crippen LogP contribution in [0.1, 0.15) is 18.7 Å². The highest BCUT2D eigenvalue weighted by Gasteiger charge is 2.31. The van der Waals surface area contributed by atoms with Crippen molar-refractivity contribution in [1.29, 1.82) is 0 Å². The summed E-state index contributed by atoms with van der Waals surface area (Å²) in [6.07, 6.45) is -3.60. The Kier molecular flexibility index (Phi) is 5.76. The first-order valence-corrected chi connectivity index (χ1v) is 8.78. The zero-order valence-electron chi connectivity index (χ0n) is 15.6. The lowest BCUT2D eigenvalue weighted by atomic mass is 10.1. The Hall–Kier alpha value is -2.72. The number of halogens is 4. The van der Waals surface area contributed by atoms with Gasteiger partial charge in [-0.25, -0.2) is 15.0 Å². The molecule has 3 aromatic rings. The lowest BCUT2D eigenvalue weighted by Gasteiger charge is -2.18. The molecule has 0 saturated carbocycles. The van der Waals surface area contributed by atoms with Gasteiger partial charge in [-0.05, 0) is 32.0 Å². The van der Waals surface area contributed by atoms with Gasteiger partial charge in [-0.15, -0.1) is 13.2 Å². The summed E-state index contributed by atoms with van der Waals surface area (Å²) in [6, 6.07) is 3.17. The summed E-state index contributed by atoms with van der Waals surface area (Å²) in [5.41, 5.74) is 1.04. The Labute approximate surface area is 168 Å². The molecule has 29 heavy (non-hydrogen) atoms. The van der Waals surface area contributed by atoms with Crippen LogP contribution in [0.4, 0.5) is 13.2 Å². The average Bonchev–Trinajstić information content (AvgIpc) is 2.61. The summed E-state index contributed by atoms with van der Waals surface area (Å²) < 4.78 is 47.8. The number of nitrogens with zero attached hydrogens (tertiary/aromatic N) is 4. The standard InChI is InChI=1S/C18H16ClF3N4O3/c1-9(7-28-3)26-16-15(25-10(2)17(26)27)14(23-8-24-16)12-5-4-11(6-13(12)19)29-18(20,21)22/h4-6,8-9H,7H2,1-3H3/t9-/m1/s1. The smallest absolute Gasteiger partial charge is 0.406 e. The van der Waals surface area contributed by atoms with Gasteiger partial charge in [0, 0.05) is 12.7 Å². The molecule has 11 heteroatoms. The van der Waals surface area contributed by atoms with Crippen LogP contribution >= 0.6 is 11.6 Å². The van der Waals surface area contributed by atoms with Crippen LogP contribution < -0.4 is 10.3 Å². The third-order valence-corrected chi connectivity index (χ3v) is 4.43. The van der Waals surface area contributed by atoms with Gasteiger partial charge in [-0.2, -0.15) is 0 Å². The van der Waals surface area contributed by atoms with Gasteiger partial charge < -0.3 is 9.47 Å². The van der Waals surface area contributed by atoms with Gasteiger partial charge in [-0.1, -0.05) is 11.6 Å². The minimum Gasteiger partial charge on any atom is -0.406 e. The van der Waals surface area contributed by atoms with E-state index in [1.165, 1.54) is 24.1 Å². The number of alkyl halides is 3. The summed E-state index contributed by atoms with van der Waals surface area (Å²) in [6.45, 7) is 3.61. The maximum absolute atomic E-state index is 12.6. The molecule has 0 fully saturated rings. The number of methoxy groups -OCH3 is 1. The number of aromatic nitrogens is 4. The SMILES string of the molecule is COC[C@@H](C)n1c(=O)c(C)nc2c(-c3ccc(OC(F)(F)F)cc3Cl)ncnc21. The van der Waals surface area contributed by atoms with Crippen LogP contribution in [0.2, 0.25) is 5.02 Å². The molecule has 0 aliphatic heterocycles. The highest BCUT2D eigenvalue weighted by molar-refractivity contribution is 6.33. The molecule has 0 N–H and O–H groups in total. The molecule has 0 amide bonds. The third kappa shape index (κ3) is 4.33. The van der Waals surface area contributed by atoms with Crippen molar-refractivity contribution in [3.63, 3.8) is 0 Å². The average molecular weight is 429 g/mol. The van der Waals surface area contributed by atoms with E-state index >= 15 is 0 Å². The molecule has 0 bridgehead atoms. The molecule has 2 aromatic heterocycles. The van der Waals surface area contributed by atoms with Crippen LogP contribution in [0.25, 0.3) is 22.4 Å². The second-order valence-corrected chi connectivity index (χ2v) is 6.67. The van der Waals surface area contributed by atoms with Gasteiger partial charge in [0.2, 0.25) is 0 Å². The third-order valence-electron chi connectivity index (χ3n) is 4.12. The molecule has 0 saturated heterocycles. The van der Waals surface area contributed by atoms with E-state index in [4.69, 9.17) is 16.3 Å². The number of aryl methyl sites for hydroxylation is 1. The van der Waals surface area contributed by atoms with E-state index in [1.54, 1.807) is 13.8 Å². The van der Waals surface area contributed by atoms with Crippen LogP contribution in [-0.2, 0) is 4.74 Å². The molecule has 2 heterocycles. The Morgan fingerprint density at radius 1 is 1.28 bits per heavy atom. The molecule has 0 radical (unpaired) electrons. The molecule has 7 nitrogen and oxygen atoms in total. The van der Waals surface area contributed by atoms with Gasteiger partial charge in [0.25, 0.3) is 5.56 Å². The highest BCUT2D eigenvalue weighted by Crippen LogP contribution is 2.34. The maximum atomic E-state index is 12.6. The number of fused-ring (bicyclic) bond motifs is 1. The fourth-order valence-corrected chi connectivity index (χ4v) is 3.20. The van der Waals surface area contributed by atoms with Crippen molar-refractivity contribution in [2.24, 2.45) is 0 Å².